The van der Waals surface area contributed by atoms with Gasteiger partial charge in [-0.05, 0) is 18.2 Å². The van der Waals surface area contributed by atoms with E-state index in [0.29, 0.717) is 0 Å². The van der Waals surface area contributed by atoms with Gasteiger partial charge in [-0.25, -0.2) is 27.9 Å². The maximum atomic E-state index is 14.4. The van der Waals surface area contributed by atoms with E-state index >= 15 is 0 Å². The smallest absolute Gasteiger partial charge is 0.418 e. The lowest BCUT2D eigenvalue weighted by Gasteiger charge is -2.33. The Morgan fingerprint density at radius 3 is 2.66 bits per heavy atom. The summed E-state index contributed by atoms with van der Waals surface area (Å²) in [5.41, 5.74) is 2.71. The van der Waals surface area contributed by atoms with Crippen molar-refractivity contribution in [3.05, 3.63) is 42.0 Å². The van der Waals surface area contributed by atoms with E-state index in [4.69, 9.17) is 19.9 Å². The summed E-state index contributed by atoms with van der Waals surface area (Å²) in [6.45, 7) is -0.707. The number of aliphatic imine (C=N–C) groups is 1. The number of methoxy groups -OCH3 is 1. The summed E-state index contributed by atoms with van der Waals surface area (Å²) in [6, 6.07) is 3.12. The van der Waals surface area contributed by atoms with E-state index < -0.39 is 36.0 Å². The van der Waals surface area contributed by atoms with Crippen molar-refractivity contribution in [1.29, 1.82) is 0 Å². The molecule has 0 saturated carbocycles. The molecule has 0 saturated heterocycles. The molecule has 3 N–H and O–H groups in total. The second kappa shape index (κ2) is 8.31. The number of hydrogen-bond acceptors (Lipinski definition) is 8. The second-order valence-corrected chi connectivity index (χ2v) is 5.93. The number of nitrogens with one attached hydrogen (secondary N) is 1. The van der Waals surface area contributed by atoms with Gasteiger partial charge in [0.1, 0.15) is 18.3 Å². The summed E-state index contributed by atoms with van der Waals surface area (Å²) in [5.74, 6) is -1.06. The van der Waals surface area contributed by atoms with Crippen LogP contribution in [-0.4, -0.2) is 48.6 Å². The fourth-order valence-electron chi connectivity index (χ4n) is 2.63. The second-order valence-electron chi connectivity index (χ2n) is 5.93. The minimum absolute atomic E-state index is 0.00718. The number of alkyl halides is 2. The van der Waals surface area contributed by atoms with E-state index in [1.807, 2.05) is 0 Å². The maximum Gasteiger partial charge on any atom is 0.418 e. The van der Waals surface area contributed by atoms with E-state index in [1.165, 1.54) is 19.4 Å². The zero-order chi connectivity index (χ0) is 21.0. The molecular weight excluding hydrogens is 395 g/mol. The Bertz CT molecular complexity index is 926. The predicted octanol–water partition coefficient (Wildman–Crippen LogP) is 2.08. The predicted molar refractivity (Wildman–Crippen MR) is 94.8 cm³/mol. The zero-order valence-electron chi connectivity index (χ0n) is 15.1. The van der Waals surface area contributed by atoms with Crippen LogP contribution in [-0.2, 0) is 10.3 Å². The Kier molecular flexibility index (Phi) is 5.82. The normalized spacial score (nSPS) is 18.9. The average molecular weight is 411 g/mol. The molecule has 0 bridgehead atoms. The number of amides is 1. The molecule has 9 nitrogen and oxygen atoms in total. The highest BCUT2D eigenvalue weighted by Gasteiger charge is 2.46. The molecule has 0 spiro atoms. The molecule has 1 aliphatic heterocycles. The van der Waals surface area contributed by atoms with Crippen molar-refractivity contribution in [2.75, 3.05) is 25.6 Å². The van der Waals surface area contributed by atoms with Crippen molar-refractivity contribution in [1.82, 2.24) is 9.97 Å². The minimum Gasteiger partial charge on any atom is -0.480 e. The van der Waals surface area contributed by atoms with Crippen LogP contribution in [0.15, 0.2) is 35.6 Å². The molecular formula is C17H16F3N5O4. The van der Waals surface area contributed by atoms with Crippen LogP contribution in [0.25, 0.3) is 0 Å². The molecule has 1 atom stereocenters. The van der Waals surface area contributed by atoms with Crippen molar-refractivity contribution >= 4 is 17.6 Å². The van der Waals surface area contributed by atoms with Crippen LogP contribution in [0, 0.1) is 5.82 Å². The highest BCUT2D eigenvalue weighted by Crippen LogP contribution is 2.37. The van der Waals surface area contributed by atoms with Crippen LogP contribution in [0.2, 0.25) is 0 Å². The number of ether oxygens (including phenoxy) is 3. The van der Waals surface area contributed by atoms with E-state index in [-0.39, 0.29) is 29.9 Å². The topological polar surface area (TPSA) is 121 Å². The van der Waals surface area contributed by atoms with Gasteiger partial charge in [0.15, 0.2) is 5.54 Å². The molecule has 1 amide bonds. The molecule has 2 heterocycles. The summed E-state index contributed by atoms with van der Waals surface area (Å²) >= 11 is 0. The molecule has 29 heavy (non-hydrogen) atoms. The first-order valence-electron chi connectivity index (χ1n) is 8.19. The summed E-state index contributed by atoms with van der Waals surface area (Å²) < 4.78 is 56.8. The van der Waals surface area contributed by atoms with E-state index in [2.05, 4.69) is 20.3 Å². The molecule has 2 aromatic rings. The monoisotopic (exact) mass is 411 g/mol. The van der Waals surface area contributed by atoms with Crippen LogP contribution in [0.3, 0.4) is 0 Å². The Balaban J connectivity index is 1.82. The Morgan fingerprint density at radius 2 is 2.03 bits per heavy atom. The fraction of sp³-hybridized carbons (Fsp3) is 0.294. The van der Waals surface area contributed by atoms with Crippen LogP contribution in [0.5, 0.6) is 11.8 Å². The Labute approximate surface area is 162 Å². The minimum atomic E-state index is -3.10. The summed E-state index contributed by atoms with van der Waals surface area (Å²) in [4.78, 5) is 23.4. The first-order chi connectivity index (χ1) is 13.8. The lowest BCUT2D eigenvalue weighted by atomic mass is 9.90. The van der Waals surface area contributed by atoms with Crippen LogP contribution < -0.4 is 20.5 Å². The highest BCUT2D eigenvalue weighted by molar-refractivity contribution is 5.86. The Hall–Kier alpha value is -3.41. The van der Waals surface area contributed by atoms with Gasteiger partial charge in [-0.3, -0.25) is 10.3 Å². The third-order valence-electron chi connectivity index (χ3n) is 3.97. The number of amidine groups is 1. The van der Waals surface area contributed by atoms with Gasteiger partial charge >= 0.3 is 6.09 Å². The third kappa shape index (κ3) is 4.37. The van der Waals surface area contributed by atoms with E-state index in [9.17, 15) is 18.0 Å². The summed E-state index contributed by atoms with van der Waals surface area (Å²) in [7, 11) is 1.39. The van der Waals surface area contributed by atoms with Gasteiger partial charge in [-0.2, -0.15) is 0 Å². The van der Waals surface area contributed by atoms with Gasteiger partial charge in [0.05, 0.1) is 26.1 Å². The largest absolute Gasteiger partial charge is 0.480 e. The number of halogens is 3. The van der Waals surface area contributed by atoms with Crippen molar-refractivity contribution < 1.29 is 32.2 Å². The van der Waals surface area contributed by atoms with Crippen molar-refractivity contribution in [2.24, 2.45) is 10.7 Å². The molecule has 0 unspecified atom stereocenters. The maximum absolute atomic E-state index is 14.4. The quantitative estimate of drug-likeness (QED) is 0.773. The molecule has 1 aromatic carbocycles. The highest BCUT2D eigenvalue weighted by atomic mass is 19.3. The van der Waals surface area contributed by atoms with Gasteiger partial charge < -0.3 is 19.9 Å². The number of nitrogens with zero attached hydrogens (tertiary/aromatic N) is 3. The number of benzene rings is 1. The van der Waals surface area contributed by atoms with Crippen LogP contribution >= 0.6 is 0 Å². The number of anilines is 1. The van der Waals surface area contributed by atoms with E-state index in [0.717, 1.165) is 18.3 Å². The number of rotatable bonds is 5. The first kappa shape index (κ1) is 20.3. The van der Waals surface area contributed by atoms with Crippen molar-refractivity contribution in [2.45, 2.75) is 12.0 Å². The van der Waals surface area contributed by atoms with Gasteiger partial charge in [-0.15, -0.1) is 0 Å². The standard InChI is InChI=1S/C17H16F3N5O4/c1-27-13-5-23-14(6-22-13)29-16(26)24-9-2-3-11(18)10(4-9)17(15(19)20)8-28-7-12(21)25-17/h2-6,15H,7-8H2,1H3,(H2,21,25)(H,24,26)/t17-/m0/s1. The SMILES string of the molecule is COc1cnc(OC(=O)Nc2ccc(F)c([C@]3(C(F)F)COCC(N)=N3)c2)cn1. The fourth-order valence-corrected chi connectivity index (χ4v) is 2.63. The molecule has 0 fully saturated rings. The summed E-state index contributed by atoms with van der Waals surface area (Å²) in [6.07, 6.45) is -1.71. The lowest BCUT2D eigenvalue weighted by Crippen LogP contribution is -2.45. The zero-order valence-corrected chi connectivity index (χ0v) is 15.1. The number of nitrogens with two attached hydrogens (primary N) is 1. The molecule has 1 aliphatic rings. The van der Waals surface area contributed by atoms with Crippen molar-refractivity contribution in [3.8, 4) is 11.8 Å². The number of carbonyl (C=O) groups excluding carboxylic acids is 1. The van der Waals surface area contributed by atoms with Crippen molar-refractivity contribution in [3.63, 3.8) is 0 Å². The van der Waals surface area contributed by atoms with Gasteiger partial charge in [0, 0.05) is 11.3 Å². The molecule has 1 aromatic heterocycles. The molecule has 0 radical (unpaired) electrons. The number of carbonyl (C=O) groups is 1. The van der Waals surface area contributed by atoms with Crippen LogP contribution in [0.1, 0.15) is 5.56 Å². The molecule has 0 aliphatic carbocycles. The molecule has 154 valence electrons. The lowest BCUT2D eigenvalue weighted by molar-refractivity contribution is -0.0145. The Morgan fingerprint density at radius 1 is 1.31 bits per heavy atom. The number of hydrogen-bond donors (Lipinski definition) is 2. The molecule has 12 heteroatoms. The average Bonchev–Trinajstić information content (AvgIpc) is 2.69. The van der Waals surface area contributed by atoms with E-state index in [1.54, 1.807) is 0 Å². The third-order valence-corrected chi connectivity index (χ3v) is 3.97. The first-order valence-corrected chi connectivity index (χ1v) is 8.19. The molecule has 3 rings (SSSR count). The van der Waals surface area contributed by atoms with Crippen LogP contribution in [0.4, 0.5) is 23.7 Å². The van der Waals surface area contributed by atoms with Gasteiger partial charge in [0.25, 0.3) is 6.43 Å². The van der Waals surface area contributed by atoms with Gasteiger partial charge in [0.2, 0.25) is 11.8 Å². The van der Waals surface area contributed by atoms with Gasteiger partial charge in [-0.1, -0.05) is 0 Å². The summed E-state index contributed by atoms with van der Waals surface area (Å²) in [5, 5.41) is 2.30. The number of aromatic nitrogens is 2.